The molecule has 0 unspecified atom stereocenters. The first-order chi connectivity index (χ1) is 5.43. The zero-order chi connectivity index (χ0) is 7.94. The van der Waals surface area contributed by atoms with E-state index in [1.807, 2.05) is 0 Å². The van der Waals surface area contributed by atoms with E-state index < -0.39 is 0 Å². The van der Waals surface area contributed by atoms with Crippen LogP contribution in [0.5, 0.6) is 0 Å². The molecule has 63 valence electrons. The van der Waals surface area contributed by atoms with E-state index in [1.165, 1.54) is 0 Å². The monoisotopic (exact) mass is 157 g/mol. The topological polar surface area (TPSA) is 43.6 Å². The van der Waals surface area contributed by atoms with Crippen LogP contribution in [-0.2, 0) is 9.53 Å². The van der Waals surface area contributed by atoms with Gasteiger partial charge in [0, 0.05) is 19.6 Å². The third kappa shape index (κ3) is 3.34. The summed E-state index contributed by atoms with van der Waals surface area (Å²) in [5, 5.41) is 3.60. The molecule has 4 heteroatoms. The predicted octanol–water partition coefficient (Wildman–Crippen LogP) is -0.921. The lowest BCUT2D eigenvalue weighted by atomic mass is 10.4. The van der Waals surface area contributed by atoms with Crippen molar-refractivity contribution in [1.82, 2.24) is 10.2 Å². The van der Waals surface area contributed by atoms with Gasteiger partial charge >= 0.3 is 0 Å². The molecule has 1 radical (unpaired) electrons. The largest absolute Gasteiger partial charge is 0.379 e. The zero-order valence-corrected chi connectivity index (χ0v) is 6.53. The normalized spacial score (nSPS) is 19.6. The molecule has 1 heterocycles. The minimum Gasteiger partial charge on any atom is -0.379 e. The second-order valence-corrected chi connectivity index (χ2v) is 2.47. The van der Waals surface area contributed by atoms with E-state index in [0.717, 1.165) is 32.8 Å². The Morgan fingerprint density at radius 3 is 2.82 bits per heavy atom. The minimum atomic E-state index is 0.612. The van der Waals surface area contributed by atoms with Crippen molar-refractivity contribution in [3.05, 3.63) is 0 Å². The Hall–Kier alpha value is -0.610. The highest BCUT2D eigenvalue weighted by Crippen LogP contribution is 1.94. The van der Waals surface area contributed by atoms with Crippen LogP contribution in [0, 0.1) is 0 Å². The third-order valence-electron chi connectivity index (χ3n) is 1.72. The van der Waals surface area contributed by atoms with Crippen molar-refractivity contribution in [3.63, 3.8) is 0 Å². The Labute approximate surface area is 66.5 Å². The summed E-state index contributed by atoms with van der Waals surface area (Å²) in [6.07, 6.45) is 0.612. The van der Waals surface area contributed by atoms with Crippen molar-refractivity contribution in [3.8, 4) is 0 Å². The van der Waals surface area contributed by atoms with E-state index in [1.54, 1.807) is 0 Å². The van der Waals surface area contributed by atoms with Crippen LogP contribution in [0.1, 0.15) is 0 Å². The van der Waals surface area contributed by atoms with Crippen molar-refractivity contribution >= 4 is 6.41 Å². The second-order valence-electron chi connectivity index (χ2n) is 2.47. The lowest BCUT2D eigenvalue weighted by Gasteiger charge is -2.25. The molecule has 0 bridgehead atoms. The average Bonchev–Trinajstić information content (AvgIpc) is 2.07. The predicted molar refractivity (Wildman–Crippen MR) is 40.3 cm³/mol. The summed E-state index contributed by atoms with van der Waals surface area (Å²) in [6, 6.07) is 0. The quantitative estimate of drug-likeness (QED) is 0.391. The first-order valence-electron chi connectivity index (χ1n) is 3.84. The van der Waals surface area contributed by atoms with Crippen molar-refractivity contribution in [2.75, 3.05) is 39.4 Å². The van der Waals surface area contributed by atoms with Gasteiger partial charge in [0.05, 0.1) is 19.8 Å². The van der Waals surface area contributed by atoms with E-state index in [4.69, 9.17) is 4.74 Å². The molecule has 1 rings (SSSR count). The van der Waals surface area contributed by atoms with E-state index in [2.05, 4.69) is 10.2 Å². The number of ether oxygens (including phenoxy) is 1. The fraction of sp³-hybridized carbons (Fsp3) is 0.857. The zero-order valence-electron chi connectivity index (χ0n) is 6.53. The molecule has 1 aliphatic rings. The minimum absolute atomic E-state index is 0.612. The molecule has 1 aliphatic heterocycles. The van der Waals surface area contributed by atoms with Crippen LogP contribution in [0.3, 0.4) is 0 Å². The van der Waals surface area contributed by atoms with Crippen LogP contribution in [0.15, 0.2) is 0 Å². The molecule has 0 aromatic carbocycles. The van der Waals surface area contributed by atoms with Crippen molar-refractivity contribution in [2.45, 2.75) is 0 Å². The molecule has 1 fully saturated rings. The van der Waals surface area contributed by atoms with Gasteiger partial charge in [-0.3, -0.25) is 15.0 Å². The highest BCUT2D eigenvalue weighted by atomic mass is 16.5. The lowest BCUT2D eigenvalue weighted by molar-refractivity contribution is -0.109. The number of morpholine rings is 1. The first-order valence-corrected chi connectivity index (χ1v) is 3.84. The highest BCUT2D eigenvalue weighted by molar-refractivity contribution is 5.45. The lowest BCUT2D eigenvalue weighted by Crippen LogP contribution is -2.39. The van der Waals surface area contributed by atoms with E-state index in [0.29, 0.717) is 13.0 Å². The van der Waals surface area contributed by atoms with Crippen LogP contribution in [0.4, 0.5) is 0 Å². The number of hydrogen-bond acceptors (Lipinski definition) is 3. The molecule has 11 heavy (non-hydrogen) atoms. The average molecular weight is 157 g/mol. The third-order valence-corrected chi connectivity index (χ3v) is 1.72. The molecule has 0 aromatic rings. The molecule has 0 saturated carbocycles. The molecule has 0 N–H and O–H groups in total. The summed E-state index contributed by atoms with van der Waals surface area (Å²) in [5.74, 6) is 0. The van der Waals surface area contributed by atoms with Crippen LogP contribution < -0.4 is 5.32 Å². The standard InChI is InChI=1S/C7H13N2O2/c10-7-8-1-2-9-3-5-11-6-4-9/h7H,1-6H2. The maximum absolute atomic E-state index is 9.84. The fourth-order valence-electron chi connectivity index (χ4n) is 1.08. The van der Waals surface area contributed by atoms with Gasteiger partial charge in [0.15, 0.2) is 0 Å². The first kappa shape index (κ1) is 8.49. The number of carbonyl (C=O) groups excluding carboxylic acids is 1. The molecule has 4 nitrogen and oxygen atoms in total. The van der Waals surface area contributed by atoms with Gasteiger partial charge < -0.3 is 4.74 Å². The summed E-state index contributed by atoms with van der Waals surface area (Å²) in [6.45, 7) is 5.04. The number of amides is 1. The molecular weight excluding hydrogens is 144 g/mol. The fourth-order valence-corrected chi connectivity index (χ4v) is 1.08. The smallest absolute Gasteiger partial charge is 0.228 e. The molecule has 0 atom stereocenters. The van der Waals surface area contributed by atoms with Gasteiger partial charge in [0.1, 0.15) is 0 Å². The summed E-state index contributed by atoms with van der Waals surface area (Å²) in [5.41, 5.74) is 0. The molecule has 1 saturated heterocycles. The summed E-state index contributed by atoms with van der Waals surface area (Å²) in [7, 11) is 0. The van der Waals surface area contributed by atoms with Gasteiger partial charge in [0.2, 0.25) is 6.41 Å². The summed E-state index contributed by atoms with van der Waals surface area (Å²) >= 11 is 0. The number of hydrogen-bond donors (Lipinski definition) is 0. The SMILES string of the molecule is O=C[N]CCN1CCOCC1. The van der Waals surface area contributed by atoms with E-state index in [-0.39, 0.29) is 0 Å². The van der Waals surface area contributed by atoms with Crippen molar-refractivity contribution in [1.29, 1.82) is 0 Å². The molecular formula is C7H13N2O2. The number of carbonyl (C=O) groups is 1. The van der Waals surface area contributed by atoms with Gasteiger partial charge in [-0.05, 0) is 0 Å². The Kier molecular flexibility index (Phi) is 3.93. The Morgan fingerprint density at radius 2 is 2.18 bits per heavy atom. The number of rotatable bonds is 4. The summed E-state index contributed by atoms with van der Waals surface area (Å²) in [4.78, 5) is 12.1. The van der Waals surface area contributed by atoms with Crippen LogP contribution in [0.25, 0.3) is 0 Å². The van der Waals surface area contributed by atoms with Gasteiger partial charge in [0.25, 0.3) is 0 Å². The Morgan fingerprint density at radius 1 is 1.45 bits per heavy atom. The van der Waals surface area contributed by atoms with Crippen LogP contribution in [-0.4, -0.2) is 50.7 Å². The van der Waals surface area contributed by atoms with Gasteiger partial charge in [-0.2, -0.15) is 0 Å². The van der Waals surface area contributed by atoms with Gasteiger partial charge in [-0.1, -0.05) is 0 Å². The molecule has 0 aromatic heterocycles. The maximum atomic E-state index is 9.84. The Balaban J connectivity index is 2.00. The Bertz CT molecular complexity index is 113. The maximum Gasteiger partial charge on any atom is 0.228 e. The summed E-state index contributed by atoms with van der Waals surface area (Å²) < 4.78 is 5.16. The van der Waals surface area contributed by atoms with E-state index in [9.17, 15) is 4.79 Å². The molecule has 0 spiro atoms. The van der Waals surface area contributed by atoms with Crippen LogP contribution in [0.2, 0.25) is 0 Å². The highest BCUT2D eigenvalue weighted by Gasteiger charge is 2.08. The molecule has 0 aliphatic carbocycles. The van der Waals surface area contributed by atoms with Crippen molar-refractivity contribution < 1.29 is 9.53 Å². The van der Waals surface area contributed by atoms with E-state index >= 15 is 0 Å². The second kappa shape index (κ2) is 5.09. The van der Waals surface area contributed by atoms with Crippen LogP contribution >= 0.6 is 0 Å². The van der Waals surface area contributed by atoms with Gasteiger partial charge in [-0.15, -0.1) is 0 Å². The van der Waals surface area contributed by atoms with Gasteiger partial charge in [-0.25, -0.2) is 0 Å². The van der Waals surface area contributed by atoms with Crippen molar-refractivity contribution in [2.24, 2.45) is 0 Å². The number of nitrogens with zero attached hydrogens (tertiary/aromatic N) is 2. The molecule has 1 amide bonds.